The van der Waals surface area contributed by atoms with E-state index in [9.17, 15) is 14.4 Å². The number of piperazine rings is 1. The molecule has 1 amide bonds. The van der Waals surface area contributed by atoms with Crippen molar-refractivity contribution in [3.63, 3.8) is 0 Å². The number of aromatic nitrogens is 2. The van der Waals surface area contributed by atoms with Crippen molar-refractivity contribution in [3.8, 4) is 5.69 Å². The van der Waals surface area contributed by atoms with Crippen molar-refractivity contribution < 1.29 is 4.79 Å². The largest absolute Gasteiger partial charge is 0.339 e. The predicted molar refractivity (Wildman–Crippen MR) is 139 cm³/mol. The minimum Gasteiger partial charge on any atom is -0.339 e. The Morgan fingerprint density at radius 3 is 2.29 bits per heavy atom. The van der Waals surface area contributed by atoms with Crippen molar-refractivity contribution in [2.45, 2.75) is 26.9 Å². The fourth-order valence-electron chi connectivity index (χ4n) is 4.78. The van der Waals surface area contributed by atoms with E-state index in [1.165, 1.54) is 26.0 Å². The summed E-state index contributed by atoms with van der Waals surface area (Å²) in [7, 11) is 0. The Morgan fingerprint density at radius 2 is 1.60 bits per heavy atom. The summed E-state index contributed by atoms with van der Waals surface area (Å²) < 4.78 is 3.12. The number of hydrogen-bond acceptors (Lipinski definition) is 5. The first-order valence-corrected chi connectivity index (χ1v) is 12.6. The molecule has 2 aromatic heterocycles. The number of aryl methyl sites for hydroxylation is 2. The van der Waals surface area contributed by atoms with Gasteiger partial charge in [0, 0.05) is 32.7 Å². The maximum absolute atomic E-state index is 13.5. The van der Waals surface area contributed by atoms with Crippen LogP contribution in [-0.4, -0.2) is 51.0 Å². The Morgan fingerprint density at radius 1 is 0.914 bits per heavy atom. The van der Waals surface area contributed by atoms with Crippen LogP contribution in [0.2, 0.25) is 0 Å². The Bertz CT molecular complexity index is 1470. The van der Waals surface area contributed by atoms with E-state index in [-0.39, 0.29) is 18.0 Å². The van der Waals surface area contributed by atoms with E-state index >= 15 is 0 Å². The summed E-state index contributed by atoms with van der Waals surface area (Å²) in [6, 6.07) is 17.7. The zero-order chi connectivity index (χ0) is 24.5. The molecule has 180 valence electrons. The first-order valence-electron chi connectivity index (χ1n) is 11.8. The van der Waals surface area contributed by atoms with Gasteiger partial charge in [0.1, 0.15) is 11.2 Å². The molecule has 5 rings (SSSR count). The molecule has 0 radical (unpaired) electrons. The van der Waals surface area contributed by atoms with E-state index < -0.39 is 5.69 Å². The minimum atomic E-state index is -0.484. The lowest BCUT2D eigenvalue weighted by molar-refractivity contribution is -0.133. The average molecular weight is 489 g/mol. The van der Waals surface area contributed by atoms with Gasteiger partial charge >= 0.3 is 5.69 Å². The molecule has 1 aliphatic rings. The smallest absolute Gasteiger partial charge is 0.336 e. The van der Waals surface area contributed by atoms with Crippen LogP contribution < -0.4 is 11.2 Å². The second-order valence-electron chi connectivity index (χ2n) is 9.13. The van der Waals surface area contributed by atoms with E-state index in [0.717, 1.165) is 30.8 Å². The average Bonchev–Trinajstić information content (AvgIpc) is 3.33. The number of hydrogen-bond donors (Lipinski definition) is 0. The second kappa shape index (κ2) is 9.64. The zero-order valence-corrected chi connectivity index (χ0v) is 20.8. The number of benzene rings is 2. The molecule has 1 fully saturated rings. The number of carbonyl (C=O) groups excluding carboxylic acids is 1. The maximum atomic E-state index is 13.5. The van der Waals surface area contributed by atoms with E-state index in [1.54, 1.807) is 11.4 Å². The molecule has 0 spiro atoms. The van der Waals surface area contributed by atoms with Crippen LogP contribution >= 0.6 is 11.3 Å². The molecular weight excluding hydrogens is 460 g/mol. The van der Waals surface area contributed by atoms with Gasteiger partial charge in [0.25, 0.3) is 5.56 Å². The third kappa shape index (κ3) is 4.72. The summed E-state index contributed by atoms with van der Waals surface area (Å²) in [4.78, 5) is 44.2. The molecule has 8 heteroatoms. The minimum absolute atomic E-state index is 0.0875. The van der Waals surface area contributed by atoms with Crippen molar-refractivity contribution in [2.24, 2.45) is 0 Å². The topological polar surface area (TPSA) is 67.6 Å². The van der Waals surface area contributed by atoms with Crippen LogP contribution in [0.4, 0.5) is 0 Å². The molecule has 35 heavy (non-hydrogen) atoms. The summed E-state index contributed by atoms with van der Waals surface area (Å²) in [5, 5.41) is 1.79. The summed E-state index contributed by atoms with van der Waals surface area (Å²) in [5.74, 6) is -0.107. The third-order valence-corrected chi connectivity index (χ3v) is 7.38. The highest BCUT2D eigenvalue weighted by Gasteiger charge is 2.24. The molecule has 2 aromatic carbocycles. The molecular formula is C27H28N4O3S. The Labute approximate surface area is 207 Å². The van der Waals surface area contributed by atoms with Gasteiger partial charge in [0.15, 0.2) is 0 Å². The van der Waals surface area contributed by atoms with Gasteiger partial charge in [0.05, 0.1) is 11.2 Å². The lowest BCUT2D eigenvalue weighted by Gasteiger charge is -2.35. The highest BCUT2D eigenvalue weighted by molar-refractivity contribution is 7.17. The fraction of sp³-hybridized carbons (Fsp3) is 0.296. The Kier molecular flexibility index (Phi) is 6.40. The lowest BCUT2D eigenvalue weighted by Crippen LogP contribution is -2.50. The first kappa shape index (κ1) is 23.3. The van der Waals surface area contributed by atoms with Gasteiger partial charge in [-0.05, 0) is 54.1 Å². The number of rotatable bonds is 5. The molecule has 7 nitrogen and oxygen atoms in total. The molecule has 0 saturated carbocycles. The van der Waals surface area contributed by atoms with Crippen LogP contribution in [0.3, 0.4) is 0 Å². The van der Waals surface area contributed by atoms with Crippen LogP contribution in [-0.2, 0) is 17.9 Å². The van der Waals surface area contributed by atoms with Gasteiger partial charge < -0.3 is 4.90 Å². The van der Waals surface area contributed by atoms with E-state index in [1.807, 2.05) is 55.1 Å². The molecule has 0 atom stereocenters. The van der Waals surface area contributed by atoms with Crippen LogP contribution in [0.5, 0.6) is 0 Å². The van der Waals surface area contributed by atoms with Gasteiger partial charge in [0.2, 0.25) is 5.91 Å². The molecule has 0 N–H and O–H groups in total. The number of amides is 1. The standard InChI is InChI=1S/C27H28N4O3S/c1-19-14-20(2)16-22(15-19)31-26(33)25-23(8-13-35-25)30(27(31)34)18-24(32)29-11-9-28(10-12-29)17-21-6-4-3-5-7-21/h3-8,13-16H,9-12,17-18H2,1-2H3. The second-order valence-corrected chi connectivity index (χ2v) is 10.0. The summed E-state index contributed by atoms with van der Waals surface area (Å²) in [6.07, 6.45) is 0. The predicted octanol–water partition coefficient (Wildman–Crippen LogP) is 3.18. The van der Waals surface area contributed by atoms with E-state index in [4.69, 9.17) is 0 Å². The fourth-order valence-corrected chi connectivity index (χ4v) is 5.60. The van der Waals surface area contributed by atoms with Crippen molar-refractivity contribution in [2.75, 3.05) is 26.2 Å². The first-order chi connectivity index (χ1) is 16.9. The number of fused-ring (bicyclic) bond motifs is 1. The molecule has 3 heterocycles. The highest BCUT2D eigenvalue weighted by Crippen LogP contribution is 2.18. The van der Waals surface area contributed by atoms with Crippen LogP contribution in [0.15, 0.2) is 69.6 Å². The maximum Gasteiger partial charge on any atom is 0.336 e. The number of nitrogens with zero attached hydrogens (tertiary/aromatic N) is 4. The molecule has 0 bridgehead atoms. The van der Waals surface area contributed by atoms with Crippen molar-refractivity contribution >= 4 is 27.5 Å². The number of carbonyl (C=O) groups is 1. The molecule has 1 saturated heterocycles. The third-order valence-electron chi connectivity index (χ3n) is 6.49. The number of thiophene rings is 1. The molecule has 4 aromatic rings. The molecule has 1 aliphatic heterocycles. The quantitative estimate of drug-likeness (QED) is 0.433. The zero-order valence-electron chi connectivity index (χ0n) is 19.9. The molecule has 0 aliphatic carbocycles. The summed E-state index contributed by atoms with van der Waals surface area (Å²) in [6.45, 7) is 7.44. The lowest BCUT2D eigenvalue weighted by atomic mass is 10.1. The summed E-state index contributed by atoms with van der Waals surface area (Å²) in [5.41, 5.74) is 3.41. The summed E-state index contributed by atoms with van der Waals surface area (Å²) >= 11 is 1.29. The van der Waals surface area contributed by atoms with Crippen molar-refractivity contribution in [1.82, 2.24) is 18.9 Å². The normalized spacial score (nSPS) is 14.5. The van der Waals surface area contributed by atoms with Crippen molar-refractivity contribution in [1.29, 1.82) is 0 Å². The van der Waals surface area contributed by atoms with Crippen molar-refractivity contribution in [3.05, 3.63) is 97.5 Å². The van der Waals surface area contributed by atoms with Crippen LogP contribution in [0.25, 0.3) is 15.9 Å². The Balaban J connectivity index is 1.40. The van der Waals surface area contributed by atoms with Gasteiger partial charge in [-0.25, -0.2) is 9.36 Å². The van der Waals surface area contributed by atoms with Crippen LogP contribution in [0, 0.1) is 13.8 Å². The monoisotopic (exact) mass is 488 g/mol. The molecule has 0 unspecified atom stereocenters. The van der Waals surface area contributed by atoms with E-state index in [2.05, 4.69) is 17.0 Å². The van der Waals surface area contributed by atoms with Gasteiger partial charge in [-0.2, -0.15) is 0 Å². The van der Waals surface area contributed by atoms with E-state index in [0.29, 0.717) is 29.0 Å². The van der Waals surface area contributed by atoms with Crippen LogP contribution in [0.1, 0.15) is 16.7 Å². The Hall–Kier alpha value is -3.49. The van der Waals surface area contributed by atoms with Gasteiger partial charge in [-0.15, -0.1) is 11.3 Å². The SMILES string of the molecule is Cc1cc(C)cc(-n2c(=O)c3sccc3n(CC(=O)N3CCN(Cc4ccccc4)CC3)c2=O)c1. The van der Waals surface area contributed by atoms with Gasteiger partial charge in [-0.1, -0.05) is 36.4 Å². The highest BCUT2D eigenvalue weighted by atomic mass is 32.1. The van der Waals surface area contributed by atoms with Gasteiger partial charge in [-0.3, -0.25) is 19.1 Å².